The number of hydrogen-bond donors (Lipinski definition) is 1. The van der Waals surface area contributed by atoms with Crippen molar-refractivity contribution >= 4 is 5.91 Å². The van der Waals surface area contributed by atoms with Gasteiger partial charge in [-0.3, -0.25) is 4.79 Å². The average Bonchev–Trinajstić information content (AvgIpc) is 2.53. The molecule has 1 heterocycles. The van der Waals surface area contributed by atoms with Crippen LogP contribution in [0.3, 0.4) is 0 Å². The van der Waals surface area contributed by atoms with Crippen molar-refractivity contribution in [2.75, 3.05) is 32.8 Å². The van der Waals surface area contributed by atoms with E-state index in [-0.39, 0.29) is 11.8 Å². The molecule has 15 heavy (non-hydrogen) atoms. The summed E-state index contributed by atoms with van der Waals surface area (Å²) < 4.78 is 5.32. The molecular weight excluding hydrogens is 192 g/mol. The van der Waals surface area contributed by atoms with Gasteiger partial charge in [0, 0.05) is 25.6 Å². The number of carbonyl (C=O) groups excluding carboxylic acids is 1. The predicted molar refractivity (Wildman–Crippen MR) is 59.5 cm³/mol. The Morgan fingerprint density at radius 2 is 2.27 bits per heavy atom. The van der Waals surface area contributed by atoms with E-state index in [4.69, 9.17) is 10.5 Å². The van der Waals surface area contributed by atoms with Gasteiger partial charge >= 0.3 is 0 Å². The SMILES string of the molecule is CC(CCCN)C(=O)N1CCCOCC1. The van der Waals surface area contributed by atoms with Gasteiger partial charge in [0.25, 0.3) is 0 Å². The van der Waals surface area contributed by atoms with Crippen LogP contribution in [-0.2, 0) is 9.53 Å². The molecule has 1 fully saturated rings. The third kappa shape index (κ3) is 4.18. The van der Waals surface area contributed by atoms with Crippen LogP contribution in [0.2, 0.25) is 0 Å². The van der Waals surface area contributed by atoms with E-state index in [1.807, 2.05) is 11.8 Å². The Balaban J connectivity index is 2.35. The summed E-state index contributed by atoms with van der Waals surface area (Å²) in [5.41, 5.74) is 5.44. The third-order valence-corrected chi connectivity index (χ3v) is 2.80. The highest BCUT2D eigenvalue weighted by Crippen LogP contribution is 2.11. The minimum Gasteiger partial charge on any atom is -0.380 e. The first-order valence-electron chi connectivity index (χ1n) is 5.82. The molecule has 1 aliphatic heterocycles. The van der Waals surface area contributed by atoms with Crippen LogP contribution in [0, 0.1) is 5.92 Å². The molecule has 0 spiro atoms. The monoisotopic (exact) mass is 214 g/mol. The van der Waals surface area contributed by atoms with Crippen molar-refractivity contribution in [2.45, 2.75) is 26.2 Å². The van der Waals surface area contributed by atoms with Crippen LogP contribution in [0.25, 0.3) is 0 Å². The Morgan fingerprint density at radius 3 is 3.00 bits per heavy atom. The number of ether oxygens (including phenoxy) is 1. The molecule has 0 aromatic heterocycles. The summed E-state index contributed by atoms with van der Waals surface area (Å²) in [7, 11) is 0. The van der Waals surface area contributed by atoms with Crippen molar-refractivity contribution in [3.63, 3.8) is 0 Å². The zero-order valence-corrected chi connectivity index (χ0v) is 9.58. The van der Waals surface area contributed by atoms with Crippen molar-refractivity contribution in [3.05, 3.63) is 0 Å². The smallest absolute Gasteiger partial charge is 0.225 e. The number of carbonyl (C=O) groups is 1. The minimum absolute atomic E-state index is 0.103. The number of nitrogens with zero attached hydrogens (tertiary/aromatic N) is 1. The summed E-state index contributed by atoms with van der Waals surface area (Å²) in [6, 6.07) is 0. The number of hydrogen-bond acceptors (Lipinski definition) is 3. The Morgan fingerprint density at radius 1 is 1.47 bits per heavy atom. The summed E-state index contributed by atoms with van der Waals surface area (Å²) in [6.07, 6.45) is 2.78. The van der Waals surface area contributed by atoms with Gasteiger partial charge in [0.1, 0.15) is 0 Å². The summed E-state index contributed by atoms with van der Waals surface area (Å²) in [6.45, 7) is 5.69. The molecule has 1 saturated heterocycles. The fourth-order valence-corrected chi connectivity index (χ4v) is 1.83. The van der Waals surface area contributed by atoms with Gasteiger partial charge in [0.05, 0.1) is 6.61 Å². The second-order valence-corrected chi connectivity index (χ2v) is 4.12. The fraction of sp³-hybridized carbons (Fsp3) is 0.909. The lowest BCUT2D eigenvalue weighted by molar-refractivity contribution is -0.135. The molecule has 1 aliphatic rings. The largest absolute Gasteiger partial charge is 0.380 e. The zero-order chi connectivity index (χ0) is 11.1. The number of rotatable bonds is 4. The maximum atomic E-state index is 12.0. The van der Waals surface area contributed by atoms with Crippen LogP contribution in [0.15, 0.2) is 0 Å². The van der Waals surface area contributed by atoms with Crippen molar-refractivity contribution in [2.24, 2.45) is 11.7 Å². The zero-order valence-electron chi connectivity index (χ0n) is 9.58. The van der Waals surface area contributed by atoms with Crippen molar-refractivity contribution in [3.8, 4) is 0 Å². The molecule has 88 valence electrons. The standard InChI is InChI=1S/C11H22N2O2/c1-10(4-2-5-12)11(14)13-6-3-8-15-9-7-13/h10H,2-9,12H2,1H3. The topological polar surface area (TPSA) is 55.6 Å². The first kappa shape index (κ1) is 12.5. The lowest BCUT2D eigenvalue weighted by Crippen LogP contribution is -2.37. The van der Waals surface area contributed by atoms with Crippen LogP contribution < -0.4 is 5.73 Å². The van der Waals surface area contributed by atoms with Crippen LogP contribution in [0.4, 0.5) is 0 Å². The molecule has 1 rings (SSSR count). The van der Waals surface area contributed by atoms with Crippen LogP contribution in [-0.4, -0.2) is 43.7 Å². The normalized spacial score (nSPS) is 19.7. The lowest BCUT2D eigenvalue weighted by Gasteiger charge is -2.23. The predicted octanol–water partition coefficient (Wildman–Crippen LogP) is 0.610. The average molecular weight is 214 g/mol. The van der Waals surface area contributed by atoms with E-state index in [9.17, 15) is 4.79 Å². The van der Waals surface area contributed by atoms with E-state index in [1.54, 1.807) is 0 Å². The summed E-state index contributed by atoms with van der Waals surface area (Å²) in [5.74, 6) is 0.362. The Kier molecular flexibility index (Phi) is 5.65. The molecule has 0 radical (unpaired) electrons. The van der Waals surface area contributed by atoms with E-state index >= 15 is 0 Å². The first-order chi connectivity index (χ1) is 7.25. The van der Waals surface area contributed by atoms with E-state index in [2.05, 4.69) is 0 Å². The first-order valence-corrected chi connectivity index (χ1v) is 5.82. The van der Waals surface area contributed by atoms with Gasteiger partial charge in [0.15, 0.2) is 0 Å². The van der Waals surface area contributed by atoms with Gasteiger partial charge < -0.3 is 15.4 Å². The molecule has 1 unspecified atom stereocenters. The Bertz CT molecular complexity index is 189. The van der Waals surface area contributed by atoms with Crippen LogP contribution in [0.5, 0.6) is 0 Å². The van der Waals surface area contributed by atoms with Gasteiger partial charge in [-0.1, -0.05) is 6.92 Å². The molecule has 4 nitrogen and oxygen atoms in total. The highest BCUT2D eigenvalue weighted by Gasteiger charge is 2.20. The Labute approximate surface area is 91.8 Å². The van der Waals surface area contributed by atoms with Gasteiger partial charge in [-0.25, -0.2) is 0 Å². The van der Waals surface area contributed by atoms with E-state index in [0.717, 1.165) is 39.0 Å². The molecule has 0 aromatic carbocycles. The van der Waals surface area contributed by atoms with E-state index in [1.165, 1.54) is 0 Å². The summed E-state index contributed by atoms with van der Waals surface area (Å²) >= 11 is 0. The Hall–Kier alpha value is -0.610. The maximum absolute atomic E-state index is 12.0. The molecule has 2 N–H and O–H groups in total. The van der Waals surface area contributed by atoms with Crippen molar-refractivity contribution < 1.29 is 9.53 Å². The summed E-state index contributed by atoms with van der Waals surface area (Å²) in [4.78, 5) is 13.9. The molecular formula is C11H22N2O2. The van der Waals surface area contributed by atoms with Crippen LogP contribution in [0.1, 0.15) is 26.2 Å². The second kappa shape index (κ2) is 6.80. The van der Waals surface area contributed by atoms with Gasteiger partial charge in [-0.15, -0.1) is 0 Å². The number of amides is 1. The molecule has 0 saturated carbocycles. The fourth-order valence-electron chi connectivity index (χ4n) is 1.83. The quantitative estimate of drug-likeness (QED) is 0.746. The van der Waals surface area contributed by atoms with Crippen molar-refractivity contribution in [1.82, 2.24) is 4.90 Å². The number of nitrogens with two attached hydrogens (primary N) is 1. The maximum Gasteiger partial charge on any atom is 0.225 e. The highest BCUT2D eigenvalue weighted by atomic mass is 16.5. The van der Waals surface area contributed by atoms with Crippen molar-refractivity contribution in [1.29, 1.82) is 0 Å². The summed E-state index contributed by atoms with van der Waals surface area (Å²) in [5, 5.41) is 0. The molecule has 1 atom stereocenters. The van der Waals surface area contributed by atoms with E-state index in [0.29, 0.717) is 13.2 Å². The molecule has 0 bridgehead atoms. The molecule has 0 aromatic rings. The van der Waals surface area contributed by atoms with Gasteiger partial charge in [-0.05, 0) is 25.8 Å². The lowest BCUT2D eigenvalue weighted by atomic mass is 10.0. The molecule has 1 amide bonds. The highest BCUT2D eigenvalue weighted by molar-refractivity contribution is 5.78. The second-order valence-electron chi connectivity index (χ2n) is 4.12. The van der Waals surface area contributed by atoms with Crippen LogP contribution >= 0.6 is 0 Å². The third-order valence-electron chi connectivity index (χ3n) is 2.80. The molecule has 4 heteroatoms. The van der Waals surface area contributed by atoms with Gasteiger partial charge in [0.2, 0.25) is 5.91 Å². The molecule has 0 aliphatic carbocycles. The van der Waals surface area contributed by atoms with E-state index < -0.39 is 0 Å². The minimum atomic E-state index is 0.103. The van der Waals surface area contributed by atoms with Gasteiger partial charge in [-0.2, -0.15) is 0 Å².